The van der Waals surface area contributed by atoms with Crippen LogP contribution in [0.4, 0.5) is 0 Å². The van der Waals surface area contributed by atoms with Crippen molar-refractivity contribution in [3.8, 4) is 0 Å². The van der Waals surface area contributed by atoms with Gasteiger partial charge in [0.05, 0.1) is 5.02 Å². The monoisotopic (exact) mass is 293 g/mol. The minimum atomic E-state index is 0.163. The first-order valence-corrected chi connectivity index (χ1v) is 8.12. The van der Waals surface area contributed by atoms with Crippen LogP contribution in [0.3, 0.4) is 0 Å². The van der Waals surface area contributed by atoms with Gasteiger partial charge >= 0.3 is 0 Å². The van der Waals surface area contributed by atoms with Crippen LogP contribution in [-0.4, -0.2) is 29.8 Å². The van der Waals surface area contributed by atoms with E-state index in [9.17, 15) is 4.79 Å². The number of carbonyl (C=O) groups is 1. The highest BCUT2D eigenvalue weighted by molar-refractivity contribution is 6.33. The number of hydrogen-bond donors (Lipinski definition) is 0. The normalized spacial score (nSPS) is 20.0. The van der Waals surface area contributed by atoms with E-state index in [1.807, 2.05) is 18.2 Å². The molecule has 3 heteroatoms. The first-order chi connectivity index (χ1) is 9.72. The SMILES string of the molecule is CCCC1CCCCN1CCC(=O)c1ccccc1Cl. The van der Waals surface area contributed by atoms with Crippen molar-refractivity contribution in [2.45, 2.75) is 51.5 Å². The van der Waals surface area contributed by atoms with Gasteiger partial charge in [0.2, 0.25) is 0 Å². The van der Waals surface area contributed by atoms with E-state index in [1.165, 1.54) is 32.1 Å². The van der Waals surface area contributed by atoms with Crippen molar-refractivity contribution in [2.24, 2.45) is 0 Å². The number of Topliss-reactive ketones (excluding diaryl/α,β-unsaturated/α-hetero) is 1. The second kappa shape index (κ2) is 7.80. The Hall–Kier alpha value is -0.860. The number of halogens is 1. The molecule has 0 aliphatic carbocycles. The zero-order chi connectivity index (χ0) is 14.4. The van der Waals surface area contributed by atoms with Crippen molar-refractivity contribution in [1.82, 2.24) is 4.90 Å². The minimum Gasteiger partial charge on any atom is -0.300 e. The quantitative estimate of drug-likeness (QED) is 0.716. The van der Waals surface area contributed by atoms with Gasteiger partial charge < -0.3 is 0 Å². The van der Waals surface area contributed by atoms with E-state index in [2.05, 4.69) is 11.8 Å². The minimum absolute atomic E-state index is 0.163. The number of benzene rings is 1. The third kappa shape index (κ3) is 4.07. The molecule has 0 radical (unpaired) electrons. The lowest BCUT2D eigenvalue weighted by Crippen LogP contribution is -2.40. The molecule has 2 rings (SSSR count). The molecular weight excluding hydrogens is 270 g/mol. The Labute approximate surface area is 127 Å². The fourth-order valence-corrected chi connectivity index (χ4v) is 3.32. The van der Waals surface area contributed by atoms with Gasteiger partial charge in [-0.3, -0.25) is 9.69 Å². The summed E-state index contributed by atoms with van der Waals surface area (Å²) < 4.78 is 0. The average molecular weight is 294 g/mol. The molecule has 1 aromatic rings. The third-order valence-electron chi connectivity index (χ3n) is 4.17. The number of ketones is 1. The maximum atomic E-state index is 12.3. The smallest absolute Gasteiger partial charge is 0.165 e. The average Bonchev–Trinajstić information content (AvgIpc) is 2.47. The number of hydrogen-bond acceptors (Lipinski definition) is 2. The molecule has 0 bridgehead atoms. The molecule has 0 amide bonds. The van der Waals surface area contributed by atoms with Crippen LogP contribution in [0.5, 0.6) is 0 Å². The Morgan fingerprint density at radius 1 is 1.35 bits per heavy atom. The van der Waals surface area contributed by atoms with Crippen LogP contribution >= 0.6 is 11.6 Å². The number of piperidine rings is 1. The molecular formula is C17H24ClNO. The number of carbonyl (C=O) groups excluding carboxylic acids is 1. The van der Waals surface area contributed by atoms with E-state index in [0.29, 0.717) is 23.0 Å². The van der Waals surface area contributed by atoms with Crippen LogP contribution in [0.25, 0.3) is 0 Å². The Morgan fingerprint density at radius 2 is 2.15 bits per heavy atom. The molecule has 0 aromatic heterocycles. The van der Waals surface area contributed by atoms with Crippen molar-refractivity contribution in [3.63, 3.8) is 0 Å². The number of nitrogens with zero attached hydrogens (tertiary/aromatic N) is 1. The van der Waals surface area contributed by atoms with Gasteiger partial charge in [-0.05, 0) is 37.9 Å². The predicted octanol–water partition coefficient (Wildman–Crippen LogP) is 4.57. The first-order valence-electron chi connectivity index (χ1n) is 7.74. The molecule has 1 aliphatic heterocycles. The summed E-state index contributed by atoms with van der Waals surface area (Å²) in [5, 5.41) is 0.571. The zero-order valence-electron chi connectivity index (χ0n) is 12.3. The van der Waals surface area contributed by atoms with Gasteiger partial charge in [0.25, 0.3) is 0 Å². The molecule has 0 N–H and O–H groups in total. The Kier molecular flexibility index (Phi) is 6.06. The summed E-state index contributed by atoms with van der Waals surface area (Å²) in [4.78, 5) is 14.8. The molecule has 1 unspecified atom stereocenters. The molecule has 2 nitrogen and oxygen atoms in total. The van der Waals surface area contributed by atoms with Gasteiger partial charge in [0.1, 0.15) is 0 Å². The molecule has 1 fully saturated rings. The summed E-state index contributed by atoms with van der Waals surface area (Å²) in [6.07, 6.45) is 6.93. The van der Waals surface area contributed by atoms with Gasteiger partial charge in [0, 0.05) is 24.6 Å². The lowest BCUT2D eigenvalue weighted by molar-refractivity contribution is 0.0919. The molecule has 1 heterocycles. The summed E-state index contributed by atoms with van der Waals surface area (Å²) >= 11 is 6.08. The van der Waals surface area contributed by atoms with Gasteiger partial charge in [-0.15, -0.1) is 0 Å². The number of rotatable bonds is 6. The molecule has 20 heavy (non-hydrogen) atoms. The largest absolute Gasteiger partial charge is 0.300 e. The standard InChI is InChI=1S/C17H24ClNO/c1-2-7-14-8-5-6-12-19(14)13-11-17(20)15-9-3-4-10-16(15)18/h3-4,9-10,14H,2,5-8,11-13H2,1H3. The lowest BCUT2D eigenvalue weighted by atomic mass is 9.97. The zero-order valence-corrected chi connectivity index (χ0v) is 13.0. The van der Waals surface area contributed by atoms with Crippen LogP contribution in [0.2, 0.25) is 5.02 Å². The lowest BCUT2D eigenvalue weighted by Gasteiger charge is -2.35. The molecule has 1 aromatic carbocycles. The van der Waals surface area contributed by atoms with E-state index >= 15 is 0 Å². The fourth-order valence-electron chi connectivity index (χ4n) is 3.08. The van der Waals surface area contributed by atoms with Crippen molar-refractivity contribution < 1.29 is 4.79 Å². The van der Waals surface area contributed by atoms with Crippen LogP contribution in [0.1, 0.15) is 55.8 Å². The van der Waals surface area contributed by atoms with Crippen LogP contribution in [-0.2, 0) is 0 Å². The van der Waals surface area contributed by atoms with Crippen LogP contribution < -0.4 is 0 Å². The van der Waals surface area contributed by atoms with Crippen molar-refractivity contribution in [2.75, 3.05) is 13.1 Å². The van der Waals surface area contributed by atoms with E-state index in [4.69, 9.17) is 11.6 Å². The van der Waals surface area contributed by atoms with Crippen LogP contribution in [0.15, 0.2) is 24.3 Å². The summed E-state index contributed by atoms with van der Waals surface area (Å²) in [6, 6.07) is 8.02. The van der Waals surface area contributed by atoms with Crippen molar-refractivity contribution in [1.29, 1.82) is 0 Å². The summed E-state index contributed by atoms with van der Waals surface area (Å²) in [7, 11) is 0. The summed E-state index contributed by atoms with van der Waals surface area (Å²) in [5.41, 5.74) is 0.665. The first kappa shape index (κ1) is 15.5. The highest BCUT2D eigenvalue weighted by atomic mass is 35.5. The maximum absolute atomic E-state index is 12.3. The van der Waals surface area contributed by atoms with Gasteiger partial charge in [0.15, 0.2) is 5.78 Å². The highest BCUT2D eigenvalue weighted by Gasteiger charge is 2.22. The molecule has 1 aliphatic rings. The topological polar surface area (TPSA) is 20.3 Å². The molecule has 1 atom stereocenters. The van der Waals surface area contributed by atoms with Gasteiger partial charge in [-0.2, -0.15) is 0 Å². The fraction of sp³-hybridized carbons (Fsp3) is 0.588. The highest BCUT2D eigenvalue weighted by Crippen LogP contribution is 2.22. The van der Waals surface area contributed by atoms with Gasteiger partial charge in [-0.1, -0.05) is 43.5 Å². The molecule has 1 saturated heterocycles. The van der Waals surface area contributed by atoms with Crippen molar-refractivity contribution in [3.05, 3.63) is 34.9 Å². The van der Waals surface area contributed by atoms with Gasteiger partial charge in [-0.25, -0.2) is 0 Å². The van der Waals surface area contributed by atoms with E-state index in [-0.39, 0.29) is 5.78 Å². The summed E-state index contributed by atoms with van der Waals surface area (Å²) in [6.45, 7) is 4.25. The molecule has 110 valence electrons. The second-order valence-corrected chi connectivity index (χ2v) is 6.03. The predicted molar refractivity (Wildman–Crippen MR) is 84.5 cm³/mol. The molecule has 0 spiro atoms. The van der Waals surface area contributed by atoms with E-state index in [0.717, 1.165) is 13.1 Å². The number of likely N-dealkylation sites (tertiary alicyclic amines) is 1. The Morgan fingerprint density at radius 3 is 2.90 bits per heavy atom. The van der Waals surface area contributed by atoms with Crippen molar-refractivity contribution >= 4 is 17.4 Å². The third-order valence-corrected chi connectivity index (χ3v) is 4.50. The second-order valence-electron chi connectivity index (χ2n) is 5.63. The maximum Gasteiger partial charge on any atom is 0.165 e. The Balaban J connectivity index is 1.90. The summed E-state index contributed by atoms with van der Waals surface area (Å²) in [5.74, 6) is 0.163. The molecule has 0 saturated carbocycles. The van der Waals surface area contributed by atoms with E-state index in [1.54, 1.807) is 6.07 Å². The van der Waals surface area contributed by atoms with E-state index < -0.39 is 0 Å². The Bertz CT molecular complexity index is 444. The van der Waals surface area contributed by atoms with Crippen LogP contribution in [0, 0.1) is 0 Å².